The van der Waals surface area contributed by atoms with Crippen molar-refractivity contribution < 1.29 is 23.4 Å². The van der Waals surface area contributed by atoms with Crippen molar-refractivity contribution in [3.05, 3.63) is 28.3 Å². The summed E-state index contributed by atoms with van der Waals surface area (Å²) >= 11 is 5.66. The van der Waals surface area contributed by atoms with Crippen LogP contribution in [0.3, 0.4) is 0 Å². The summed E-state index contributed by atoms with van der Waals surface area (Å²) in [7, 11) is 0. The smallest absolute Gasteiger partial charge is 0.387 e. The lowest BCUT2D eigenvalue weighted by Gasteiger charge is -2.08. The van der Waals surface area contributed by atoms with Gasteiger partial charge in [0, 0.05) is 5.02 Å². The number of carboxylic acids is 1. The third kappa shape index (κ3) is 2.79. The normalized spacial score (nSPS) is 10.5. The maximum absolute atomic E-state index is 11.9. The van der Waals surface area contributed by atoms with Crippen LogP contribution in [0.5, 0.6) is 5.75 Å². The zero-order valence-electron chi connectivity index (χ0n) is 7.63. The molecule has 15 heavy (non-hydrogen) atoms. The molecule has 0 saturated heterocycles. The number of aromatic carboxylic acids is 1. The number of halogens is 3. The molecule has 0 bridgehead atoms. The van der Waals surface area contributed by atoms with E-state index in [-0.39, 0.29) is 16.3 Å². The quantitative estimate of drug-likeness (QED) is 0.878. The lowest BCUT2D eigenvalue weighted by Crippen LogP contribution is -2.05. The van der Waals surface area contributed by atoms with Crippen molar-refractivity contribution in [1.29, 1.82) is 0 Å². The van der Waals surface area contributed by atoms with E-state index in [1.54, 1.807) is 0 Å². The Labute approximate surface area is 89.2 Å². The van der Waals surface area contributed by atoms with Gasteiger partial charge in [-0.15, -0.1) is 0 Å². The highest BCUT2D eigenvalue weighted by Gasteiger charge is 2.14. The molecule has 6 heteroatoms. The van der Waals surface area contributed by atoms with Gasteiger partial charge in [-0.2, -0.15) is 8.78 Å². The van der Waals surface area contributed by atoms with Gasteiger partial charge in [0.05, 0.1) is 5.56 Å². The SMILES string of the molecule is Cc1c(Cl)cc(OC(F)F)cc1C(=O)O. The maximum atomic E-state index is 11.9. The Kier molecular flexibility index (Phi) is 3.47. The third-order valence-electron chi connectivity index (χ3n) is 1.77. The Bertz CT molecular complexity index is 393. The summed E-state index contributed by atoms with van der Waals surface area (Å²) in [5.41, 5.74) is 0.156. The summed E-state index contributed by atoms with van der Waals surface area (Å²) in [5, 5.41) is 8.82. The van der Waals surface area contributed by atoms with E-state index in [0.717, 1.165) is 12.1 Å². The minimum absolute atomic E-state index is 0.0746. The Hall–Kier alpha value is -1.36. The van der Waals surface area contributed by atoms with E-state index in [1.165, 1.54) is 6.92 Å². The van der Waals surface area contributed by atoms with Gasteiger partial charge < -0.3 is 9.84 Å². The molecule has 0 aromatic heterocycles. The van der Waals surface area contributed by atoms with Gasteiger partial charge in [-0.25, -0.2) is 4.79 Å². The fourth-order valence-electron chi connectivity index (χ4n) is 1.05. The summed E-state index contributed by atoms with van der Waals surface area (Å²) in [4.78, 5) is 10.7. The molecule has 3 nitrogen and oxygen atoms in total. The standard InChI is InChI=1S/C9H7ClF2O3/c1-4-6(8(13)14)2-5(3-7(4)10)15-9(11)12/h2-3,9H,1H3,(H,13,14). The highest BCUT2D eigenvalue weighted by atomic mass is 35.5. The topological polar surface area (TPSA) is 46.5 Å². The van der Waals surface area contributed by atoms with Crippen LogP contribution in [0.2, 0.25) is 5.02 Å². The lowest BCUT2D eigenvalue weighted by molar-refractivity contribution is -0.0499. The van der Waals surface area contributed by atoms with Crippen molar-refractivity contribution in [3.63, 3.8) is 0 Å². The van der Waals surface area contributed by atoms with Crippen molar-refractivity contribution in [2.45, 2.75) is 13.5 Å². The Morgan fingerprint density at radius 3 is 2.60 bits per heavy atom. The predicted molar refractivity (Wildman–Crippen MR) is 49.8 cm³/mol. The van der Waals surface area contributed by atoms with Crippen LogP contribution in [0.15, 0.2) is 12.1 Å². The highest BCUT2D eigenvalue weighted by molar-refractivity contribution is 6.32. The lowest BCUT2D eigenvalue weighted by atomic mass is 10.1. The number of benzene rings is 1. The molecule has 0 aliphatic rings. The van der Waals surface area contributed by atoms with Crippen molar-refractivity contribution in [2.24, 2.45) is 0 Å². The summed E-state index contributed by atoms with van der Waals surface area (Å²) < 4.78 is 27.8. The molecule has 0 radical (unpaired) electrons. The van der Waals surface area contributed by atoms with Crippen molar-refractivity contribution in [3.8, 4) is 5.75 Å². The molecule has 0 atom stereocenters. The van der Waals surface area contributed by atoms with Crippen LogP contribution in [-0.2, 0) is 0 Å². The van der Waals surface area contributed by atoms with Gasteiger partial charge in [0.2, 0.25) is 0 Å². The largest absolute Gasteiger partial charge is 0.478 e. The Morgan fingerprint density at radius 2 is 2.13 bits per heavy atom. The molecular weight excluding hydrogens is 230 g/mol. The Balaban J connectivity index is 3.17. The van der Waals surface area contributed by atoms with Gasteiger partial charge in [-0.3, -0.25) is 0 Å². The van der Waals surface area contributed by atoms with E-state index < -0.39 is 12.6 Å². The second kappa shape index (κ2) is 4.44. The molecular formula is C9H7ClF2O3. The first-order valence-electron chi connectivity index (χ1n) is 3.90. The molecule has 0 heterocycles. The van der Waals surface area contributed by atoms with Crippen molar-refractivity contribution in [2.75, 3.05) is 0 Å². The van der Waals surface area contributed by atoms with E-state index in [0.29, 0.717) is 5.56 Å². The van der Waals surface area contributed by atoms with Crippen LogP contribution in [0.1, 0.15) is 15.9 Å². The molecule has 82 valence electrons. The number of carbonyl (C=O) groups is 1. The number of alkyl halides is 2. The zero-order valence-corrected chi connectivity index (χ0v) is 8.39. The number of carboxylic acid groups (broad SMARTS) is 1. The second-order valence-corrected chi connectivity index (χ2v) is 3.17. The third-order valence-corrected chi connectivity index (χ3v) is 2.17. The van der Waals surface area contributed by atoms with Gasteiger partial charge in [0.15, 0.2) is 0 Å². The van der Waals surface area contributed by atoms with Crippen LogP contribution in [0.4, 0.5) is 8.78 Å². The molecule has 0 aliphatic heterocycles. The van der Waals surface area contributed by atoms with E-state index in [2.05, 4.69) is 4.74 Å². The second-order valence-electron chi connectivity index (χ2n) is 2.76. The van der Waals surface area contributed by atoms with Crippen LogP contribution < -0.4 is 4.74 Å². The molecule has 1 aromatic rings. The van der Waals surface area contributed by atoms with E-state index >= 15 is 0 Å². The first-order chi connectivity index (χ1) is 6.91. The monoisotopic (exact) mass is 236 g/mol. The molecule has 1 aromatic carbocycles. The number of ether oxygens (including phenoxy) is 1. The molecule has 0 aliphatic carbocycles. The van der Waals surface area contributed by atoms with Crippen molar-refractivity contribution in [1.82, 2.24) is 0 Å². The molecule has 0 saturated carbocycles. The number of hydrogen-bond donors (Lipinski definition) is 1. The zero-order chi connectivity index (χ0) is 11.6. The van der Waals surface area contributed by atoms with E-state index in [9.17, 15) is 13.6 Å². The van der Waals surface area contributed by atoms with Gasteiger partial charge in [-0.1, -0.05) is 11.6 Å². The predicted octanol–water partition coefficient (Wildman–Crippen LogP) is 2.95. The number of rotatable bonds is 3. The van der Waals surface area contributed by atoms with Crippen LogP contribution in [0, 0.1) is 6.92 Å². The van der Waals surface area contributed by atoms with Gasteiger partial charge in [0.25, 0.3) is 0 Å². The summed E-state index contributed by atoms with van der Waals surface area (Å²) in [6, 6.07) is 2.16. The molecule has 0 amide bonds. The average molecular weight is 237 g/mol. The fourth-order valence-corrected chi connectivity index (χ4v) is 1.26. The maximum Gasteiger partial charge on any atom is 0.387 e. The van der Waals surface area contributed by atoms with E-state index in [1.807, 2.05) is 0 Å². The molecule has 0 unspecified atom stereocenters. The van der Waals surface area contributed by atoms with Gasteiger partial charge in [-0.05, 0) is 24.6 Å². The first-order valence-corrected chi connectivity index (χ1v) is 4.28. The number of hydrogen-bond acceptors (Lipinski definition) is 2. The first kappa shape index (κ1) is 11.7. The average Bonchev–Trinajstić information content (AvgIpc) is 2.09. The van der Waals surface area contributed by atoms with Crippen LogP contribution in [-0.4, -0.2) is 17.7 Å². The minimum atomic E-state index is -3.01. The van der Waals surface area contributed by atoms with Gasteiger partial charge >= 0.3 is 12.6 Å². The Morgan fingerprint density at radius 1 is 1.53 bits per heavy atom. The minimum Gasteiger partial charge on any atom is -0.478 e. The summed E-state index contributed by atoms with van der Waals surface area (Å²) in [5.74, 6) is -1.51. The summed E-state index contributed by atoms with van der Waals surface area (Å²) in [6.45, 7) is -1.52. The molecule has 1 N–H and O–H groups in total. The highest BCUT2D eigenvalue weighted by Crippen LogP contribution is 2.27. The van der Waals surface area contributed by atoms with Crippen molar-refractivity contribution >= 4 is 17.6 Å². The molecule has 1 rings (SSSR count). The molecule has 0 spiro atoms. The van der Waals surface area contributed by atoms with Gasteiger partial charge in [0.1, 0.15) is 5.75 Å². The van der Waals surface area contributed by atoms with Crippen LogP contribution in [0.25, 0.3) is 0 Å². The van der Waals surface area contributed by atoms with E-state index in [4.69, 9.17) is 16.7 Å². The molecule has 0 fully saturated rings. The summed E-state index contributed by atoms with van der Waals surface area (Å²) in [6.07, 6.45) is 0. The van der Waals surface area contributed by atoms with Crippen LogP contribution >= 0.6 is 11.6 Å². The fraction of sp³-hybridized carbons (Fsp3) is 0.222.